The smallest absolute Gasteiger partial charge is 0.179 e. The first-order valence-corrected chi connectivity index (χ1v) is 7.92. The van der Waals surface area contributed by atoms with Crippen molar-refractivity contribution in [2.45, 2.75) is 44.7 Å². The molecule has 0 aliphatic carbocycles. The minimum absolute atomic E-state index is 0.0687. The summed E-state index contributed by atoms with van der Waals surface area (Å²) in [5, 5.41) is 9.23. The summed E-state index contributed by atoms with van der Waals surface area (Å²) in [5.41, 5.74) is 6.99. The lowest BCUT2D eigenvalue weighted by Crippen LogP contribution is -2.48. The molecule has 1 heterocycles. The molecule has 1 saturated heterocycles. The molecule has 1 aromatic carbocycles. The van der Waals surface area contributed by atoms with Crippen LogP contribution in [-0.2, 0) is 0 Å². The lowest BCUT2D eigenvalue weighted by Gasteiger charge is -2.39. The zero-order chi connectivity index (χ0) is 16.1. The van der Waals surface area contributed by atoms with Gasteiger partial charge in [-0.3, -0.25) is 9.69 Å². The lowest BCUT2D eigenvalue weighted by molar-refractivity contribution is 0.0604. The Bertz CT molecular complexity index is 517. The molecular formula is C17H26N2O3. The third-order valence-electron chi connectivity index (χ3n) is 4.53. The highest BCUT2D eigenvalue weighted by atomic mass is 16.5. The number of benzene rings is 1. The molecule has 1 aliphatic heterocycles. The Labute approximate surface area is 132 Å². The van der Waals surface area contributed by atoms with Gasteiger partial charge >= 0.3 is 0 Å². The zero-order valence-electron chi connectivity index (χ0n) is 13.4. The number of rotatable bonds is 6. The van der Waals surface area contributed by atoms with E-state index in [1.807, 2.05) is 6.92 Å². The standard InChI is InChI=1S/C17H26N2O3/c1-12(19-9-4-3-5-14(19)8-10-20)17(21)13-6-7-16(22-2)15(18)11-13/h6-7,11-12,14,20H,3-5,8-10,18H2,1-2H3. The Morgan fingerprint density at radius 2 is 2.27 bits per heavy atom. The zero-order valence-corrected chi connectivity index (χ0v) is 13.4. The van der Waals surface area contributed by atoms with Gasteiger partial charge in [-0.1, -0.05) is 6.42 Å². The summed E-state index contributed by atoms with van der Waals surface area (Å²) >= 11 is 0. The lowest BCUT2D eigenvalue weighted by atomic mass is 9.94. The summed E-state index contributed by atoms with van der Waals surface area (Å²) in [7, 11) is 1.56. The number of nitrogen functional groups attached to an aromatic ring is 1. The van der Waals surface area contributed by atoms with Crippen LogP contribution >= 0.6 is 0 Å². The average molecular weight is 306 g/mol. The van der Waals surface area contributed by atoms with Crippen LogP contribution in [0.5, 0.6) is 5.75 Å². The first-order valence-electron chi connectivity index (χ1n) is 7.92. The monoisotopic (exact) mass is 306 g/mol. The number of hydrogen-bond acceptors (Lipinski definition) is 5. The van der Waals surface area contributed by atoms with Gasteiger partial charge in [-0.2, -0.15) is 0 Å². The first kappa shape index (κ1) is 16.8. The maximum absolute atomic E-state index is 12.7. The highest BCUT2D eigenvalue weighted by molar-refractivity contribution is 6.00. The van der Waals surface area contributed by atoms with E-state index in [1.165, 1.54) is 0 Å². The van der Waals surface area contributed by atoms with Gasteiger partial charge in [0.05, 0.1) is 18.8 Å². The molecule has 0 bridgehead atoms. The summed E-state index contributed by atoms with van der Waals surface area (Å²) < 4.78 is 5.13. The summed E-state index contributed by atoms with van der Waals surface area (Å²) in [5.74, 6) is 0.652. The fourth-order valence-corrected chi connectivity index (χ4v) is 3.27. The van der Waals surface area contributed by atoms with Gasteiger partial charge in [-0.15, -0.1) is 0 Å². The predicted molar refractivity (Wildman–Crippen MR) is 87.2 cm³/mol. The van der Waals surface area contributed by atoms with Gasteiger partial charge in [0.2, 0.25) is 0 Å². The number of likely N-dealkylation sites (tertiary alicyclic amines) is 1. The van der Waals surface area contributed by atoms with E-state index >= 15 is 0 Å². The first-order chi connectivity index (χ1) is 10.6. The van der Waals surface area contributed by atoms with Crippen molar-refractivity contribution in [1.82, 2.24) is 4.90 Å². The molecule has 0 saturated carbocycles. The molecular weight excluding hydrogens is 280 g/mol. The fraction of sp³-hybridized carbons (Fsp3) is 0.588. The second kappa shape index (κ2) is 7.61. The minimum atomic E-state index is -0.204. The Morgan fingerprint density at radius 1 is 1.50 bits per heavy atom. The second-order valence-electron chi connectivity index (χ2n) is 5.90. The number of aliphatic hydroxyl groups excluding tert-OH is 1. The molecule has 5 nitrogen and oxygen atoms in total. The van der Waals surface area contributed by atoms with Gasteiger partial charge in [0, 0.05) is 18.2 Å². The Balaban J connectivity index is 2.15. The van der Waals surface area contributed by atoms with E-state index in [4.69, 9.17) is 10.5 Å². The van der Waals surface area contributed by atoms with E-state index in [0.717, 1.165) is 32.2 Å². The van der Waals surface area contributed by atoms with Crippen LogP contribution < -0.4 is 10.5 Å². The highest BCUT2D eigenvalue weighted by Crippen LogP contribution is 2.26. The van der Waals surface area contributed by atoms with Crippen LogP contribution in [-0.4, -0.2) is 48.1 Å². The van der Waals surface area contributed by atoms with Crippen LogP contribution in [0.2, 0.25) is 0 Å². The number of nitrogens with two attached hydrogens (primary N) is 1. The quantitative estimate of drug-likeness (QED) is 0.622. The number of ketones is 1. The van der Waals surface area contributed by atoms with Crippen molar-refractivity contribution in [2.75, 3.05) is 26.0 Å². The molecule has 2 atom stereocenters. The molecule has 0 aromatic heterocycles. The normalized spacial score (nSPS) is 20.6. The summed E-state index contributed by atoms with van der Waals surface area (Å²) in [6.07, 6.45) is 4.03. The molecule has 3 N–H and O–H groups in total. The summed E-state index contributed by atoms with van der Waals surface area (Å²) in [4.78, 5) is 15.0. The van der Waals surface area contributed by atoms with Crippen molar-refractivity contribution in [3.63, 3.8) is 0 Å². The predicted octanol–water partition coefficient (Wildman–Crippen LogP) is 2.09. The number of piperidine rings is 1. The molecule has 1 fully saturated rings. The molecule has 2 unspecified atom stereocenters. The molecule has 0 radical (unpaired) electrons. The molecule has 1 aromatic rings. The van der Waals surface area contributed by atoms with Gasteiger partial charge in [-0.25, -0.2) is 0 Å². The number of aliphatic hydroxyl groups is 1. The van der Waals surface area contributed by atoms with Crippen LogP contribution in [0.3, 0.4) is 0 Å². The molecule has 0 spiro atoms. The topological polar surface area (TPSA) is 75.8 Å². The maximum atomic E-state index is 12.7. The third-order valence-corrected chi connectivity index (χ3v) is 4.53. The van der Waals surface area contributed by atoms with Crippen molar-refractivity contribution in [3.8, 4) is 5.75 Å². The van der Waals surface area contributed by atoms with Gasteiger partial charge in [0.15, 0.2) is 5.78 Å². The number of methoxy groups -OCH3 is 1. The average Bonchev–Trinajstić information content (AvgIpc) is 2.54. The summed E-state index contributed by atoms with van der Waals surface area (Å²) in [6, 6.07) is 5.26. The number of carbonyl (C=O) groups is 1. The maximum Gasteiger partial charge on any atom is 0.179 e. The number of ether oxygens (including phenoxy) is 1. The van der Waals surface area contributed by atoms with Crippen LogP contribution in [0.1, 0.15) is 43.0 Å². The van der Waals surface area contributed by atoms with Crippen molar-refractivity contribution in [2.24, 2.45) is 0 Å². The Hall–Kier alpha value is -1.59. The molecule has 5 heteroatoms. The van der Waals surface area contributed by atoms with Crippen molar-refractivity contribution >= 4 is 11.5 Å². The van der Waals surface area contributed by atoms with E-state index in [0.29, 0.717) is 17.0 Å². The second-order valence-corrected chi connectivity index (χ2v) is 5.90. The molecule has 122 valence electrons. The van der Waals surface area contributed by atoms with E-state index in [9.17, 15) is 9.90 Å². The number of hydrogen-bond donors (Lipinski definition) is 2. The van der Waals surface area contributed by atoms with Crippen LogP contribution in [0, 0.1) is 0 Å². The van der Waals surface area contributed by atoms with Gasteiger partial charge < -0.3 is 15.6 Å². The number of Topliss-reactive ketones (excluding diaryl/α,β-unsaturated/α-hetero) is 1. The van der Waals surface area contributed by atoms with E-state index < -0.39 is 0 Å². The van der Waals surface area contributed by atoms with Crippen molar-refractivity contribution in [1.29, 1.82) is 0 Å². The highest BCUT2D eigenvalue weighted by Gasteiger charge is 2.30. The minimum Gasteiger partial charge on any atom is -0.495 e. The third kappa shape index (κ3) is 3.59. The van der Waals surface area contributed by atoms with E-state index in [2.05, 4.69) is 4.90 Å². The van der Waals surface area contributed by atoms with Gasteiger partial charge in [-0.05, 0) is 50.9 Å². The van der Waals surface area contributed by atoms with E-state index in [-0.39, 0.29) is 24.5 Å². The van der Waals surface area contributed by atoms with Crippen molar-refractivity contribution < 1.29 is 14.6 Å². The van der Waals surface area contributed by atoms with Crippen LogP contribution in [0.4, 0.5) is 5.69 Å². The molecule has 1 aliphatic rings. The SMILES string of the molecule is COc1ccc(C(=O)C(C)N2CCCCC2CCO)cc1N. The van der Waals surface area contributed by atoms with E-state index in [1.54, 1.807) is 25.3 Å². The number of nitrogens with zero attached hydrogens (tertiary/aromatic N) is 1. The largest absolute Gasteiger partial charge is 0.495 e. The van der Waals surface area contributed by atoms with Gasteiger partial charge in [0.25, 0.3) is 0 Å². The molecule has 2 rings (SSSR count). The Morgan fingerprint density at radius 3 is 2.91 bits per heavy atom. The Kier molecular flexibility index (Phi) is 5.80. The van der Waals surface area contributed by atoms with Gasteiger partial charge in [0.1, 0.15) is 5.75 Å². The van der Waals surface area contributed by atoms with Crippen LogP contribution in [0.15, 0.2) is 18.2 Å². The molecule has 22 heavy (non-hydrogen) atoms. The summed E-state index contributed by atoms with van der Waals surface area (Å²) in [6.45, 7) is 3.01. The van der Waals surface area contributed by atoms with Crippen LogP contribution in [0.25, 0.3) is 0 Å². The molecule has 0 amide bonds. The number of carbonyl (C=O) groups excluding carboxylic acids is 1. The number of anilines is 1. The fourth-order valence-electron chi connectivity index (χ4n) is 3.27. The van der Waals surface area contributed by atoms with Crippen molar-refractivity contribution in [3.05, 3.63) is 23.8 Å².